The van der Waals surface area contributed by atoms with E-state index in [0.29, 0.717) is 50.5 Å². The summed E-state index contributed by atoms with van der Waals surface area (Å²) >= 11 is 0. The average Bonchev–Trinajstić information content (AvgIpc) is 3.63. The first-order chi connectivity index (χ1) is 29.3. The number of aromatic nitrogens is 1. The van der Waals surface area contributed by atoms with Crippen molar-refractivity contribution in [2.75, 3.05) is 13.1 Å². The van der Waals surface area contributed by atoms with Crippen molar-refractivity contribution in [2.24, 2.45) is 5.92 Å². The number of carboxylic acids is 1. The number of nitro benzene ring substituents is 1. The first-order valence-corrected chi connectivity index (χ1v) is 22.9. The minimum absolute atomic E-state index is 0.000174. The Balaban J connectivity index is 1.86. The van der Waals surface area contributed by atoms with Crippen molar-refractivity contribution in [1.29, 1.82) is 0 Å². The van der Waals surface area contributed by atoms with Crippen LogP contribution in [0.3, 0.4) is 0 Å². The summed E-state index contributed by atoms with van der Waals surface area (Å²) in [7, 11) is -4.97. The molecular weight excluding hydrogens is 821 g/mol. The first-order valence-electron chi connectivity index (χ1n) is 21.4. The summed E-state index contributed by atoms with van der Waals surface area (Å²) in [4.78, 5) is 82.2. The summed E-state index contributed by atoms with van der Waals surface area (Å²) in [5, 5.41) is 28.9. The Morgan fingerprint density at radius 1 is 1.02 bits per heavy atom. The molecular formula is C44H62N6O11S. The average molecular weight is 883 g/mol. The monoisotopic (exact) mass is 882 g/mol. The number of piperidine rings is 1. The molecule has 1 aromatic heterocycles. The van der Waals surface area contributed by atoms with Gasteiger partial charge in [0.15, 0.2) is 4.90 Å². The largest absolute Gasteiger partial charge is 0.480 e. The number of aliphatic carboxylic acids is 1. The lowest BCUT2D eigenvalue weighted by molar-refractivity contribution is -0.387. The minimum Gasteiger partial charge on any atom is -0.480 e. The van der Waals surface area contributed by atoms with E-state index in [9.17, 15) is 39.2 Å². The number of aromatic amines is 1. The summed E-state index contributed by atoms with van der Waals surface area (Å²) in [6.07, 6.45) is 4.86. The van der Waals surface area contributed by atoms with Gasteiger partial charge >= 0.3 is 12.1 Å². The third-order valence-electron chi connectivity index (χ3n) is 11.2. The van der Waals surface area contributed by atoms with Crippen LogP contribution in [0, 0.1) is 16.0 Å². The van der Waals surface area contributed by atoms with Crippen LogP contribution in [-0.4, -0.2) is 105 Å². The van der Waals surface area contributed by atoms with Crippen molar-refractivity contribution in [3.05, 3.63) is 70.4 Å². The summed E-state index contributed by atoms with van der Waals surface area (Å²) in [6, 6.07) is 7.08. The molecule has 0 aliphatic carbocycles. The molecule has 3 amide bonds. The van der Waals surface area contributed by atoms with Crippen LogP contribution in [0.25, 0.3) is 10.9 Å². The smallest absolute Gasteiger partial charge is 0.408 e. The number of nitro groups is 1. The van der Waals surface area contributed by atoms with Crippen molar-refractivity contribution in [3.8, 4) is 0 Å². The first kappa shape index (κ1) is 49.3. The zero-order chi connectivity index (χ0) is 45.8. The van der Waals surface area contributed by atoms with Crippen molar-refractivity contribution in [3.63, 3.8) is 0 Å². The highest BCUT2D eigenvalue weighted by Gasteiger charge is 2.46. The zero-order valence-corrected chi connectivity index (χ0v) is 37.4. The normalized spacial score (nSPS) is 16.6. The number of carbonyl (C=O) groups excluding carboxylic acids is 4. The number of hydrogen-bond acceptors (Lipinski definition) is 10. The highest BCUT2D eigenvalue weighted by Crippen LogP contribution is 2.33. The number of benzene rings is 2. The number of likely N-dealkylation sites (tertiary alicyclic amines) is 1. The Kier molecular flexibility index (Phi) is 17.6. The quantitative estimate of drug-likeness (QED) is 0.0483. The van der Waals surface area contributed by atoms with E-state index in [-0.39, 0.29) is 38.0 Å². The molecule has 1 saturated heterocycles. The van der Waals surface area contributed by atoms with Gasteiger partial charge in [-0.05, 0) is 82.9 Å². The number of para-hydroxylation sites is 2. The fourth-order valence-corrected chi connectivity index (χ4v) is 9.68. The van der Waals surface area contributed by atoms with Crippen molar-refractivity contribution >= 4 is 56.3 Å². The molecule has 1 aliphatic heterocycles. The van der Waals surface area contributed by atoms with Gasteiger partial charge in [0.05, 0.1) is 4.92 Å². The Morgan fingerprint density at radius 3 is 2.37 bits per heavy atom. The third kappa shape index (κ3) is 13.1. The van der Waals surface area contributed by atoms with Gasteiger partial charge in [-0.15, -0.1) is 0 Å². The number of sulfonamides is 1. The number of fused-ring (bicyclic) bond motifs is 1. The van der Waals surface area contributed by atoms with Gasteiger partial charge in [0.25, 0.3) is 15.7 Å². The second kappa shape index (κ2) is 22.1. The highest BCUT2D eigenvalue weighted by atomic mass is 32.2. The van der Waals surface area contributed by atoms with E-state index in [2.05, 4.69) is 15.6 Å². The molecule has 1 fully saturated rings. The molecule has 0 unspecified atom stereocenters. The van der Waals surface area contributed by atoms with Crippen molar-refractivity contribution in [2.45, 2.75) is 147 Å². The van der Waals surface area contributed by atoms with Crippen LogP contribution in [0.2, 0.25) is 0 Å². The number of unbranched alkanes of at least 4 members (excludes halogenated alkanes) is 2. The van der Waals surface area contributed by atoms with E-state index >= 15 is 8.42 Å². The number of carbonyl (C=O) groups is 5. The van der Waals surface area contributed by atoms with Gasteiger partial charge in [-0.1, -0.05) is 70.4 Å². The maximum Gasteiger partial charge on any atom is 0.408 e. The van der Waals surface area contributed by atoms with Crippen molar-refractivity contribution < 1.29 is 47.2 Å². The fraction of sp³-hybridized carbons (Fsp3) is 0.568. The van der Waals surface area contributed by atoms with E-state index in [1.165, 1.54) is 17.0 Å². The van der Waals surface area contributed by atoms with Gasteiger partial charge in [0.2, 0.25) is 11.8 Å². The SMILES string of the molecule is CCC(=O)CCCCC[C@H](NC(=O)OC(C)(C)C)C(=O)N[C@@H](Cc1c[nH]c2ccccc12)CN([C@H](C(=O)N1CCCC[C@@H]1C(=O)O)[C@@H](C)CC)S(=O)(=O)c1ccccc1[N+](=O)[O-]. The predicted molar refractivity (Wildman–Crippen MR) is 233 cm³/mol. The van der Waals surface area contributed by atoms with E-state index < -0.39 is 91.6 Å². The summed E-state index contributed by atoms with van der Waals surface area (Å²) in [5.74, 6) is -3.31. The minimum atomic E-state index is -4.97. The van der Waals surface area contributed by atoms with Gasteiger partial charge < -0.3 is 30.4 Å². The number of amides is 3. The van der Waals surface area contributed by atoms with Gasteiger partial charge in [-0.3, -0.25) is 24.5 Å². The molecule has 0 bridgehead atoms. The Hall–Kier alpha value is -5.36. The number of carboxylic acid groups (broad SMARTS) is 1. The van der Waals surface area contributed by atoms with Crippen LogP contribution in [0.15, 0.2) is 59.6 Å². The lowest BCUT2D eigenvalue weighted by Crippen LogP contribution is -2.61. The summed E-state index contributed by atoms with van der Waals surface area (Å²) in [5.41, 5.74) is -0.182. The molecule has 2 heterocycles. The molecule has 4 rings (SSSR count). The van der Waals surface area contributed by atoms with Gasteiger partial charge in [-0.2, -0.15) is 4.31 Å². The molecule has 1 aliphatic rings. The maximum atomic E-state index is 15.2. The Labute approximate surface area is 363 Å². The van der Waals surface area contributed by atoms with Gasteiger partial charge in [0.1, 0.15) is 29.5 Å². The van der Waals surface area contributed by atoms with Crippen LogP contribution < -0.4 is 10.6 Å². The molecule has 0 radical (unpaired) electrons. The molecule has 3 aromatic rings. The molecule has 340 valence electrons. The number of rotatable bonds is 22. The fourth-order valence-electron chi connectivity index (χ4n) is 7.80. The van der Waals surface area contributed by atoms with Crippen LogP contribution >= 0.6 is 0 Å². The molecule has 18 heteroatoms. The topological polar surface area (TPSA) is 238 Å². The maximum absolute atomic E-state index is 15.2. The van der Waals surface area contributed by atoms with Gasteiger partial charge in [0, 0.05) is 55.1 Å². The molecule has 62 heavy (non-hydrogen) atoms. The molecule has 0 spiro atoms. The standard InChI is InChI=1S/C44H62N6O11S/c1-7-29(3)39(41(53)48-25-17-16-23-37(48)42(54)55)49(62(59,60)38-24-15-14-22-36(38)50(57)58)28-31(26-30-27-45-34-20-13-12-19-33(30)34)46-40(52)35(47-43(56)61-44(4,5)6)21-11-9-10-18-32(51)8-2/h12-15,19-20,22,24,27,29,31,35,37,39,45H,7-11,16-18,21,23,25-26,28H2,1-6H3,(H,46,52)(H,47,56)(H,54,55)/t29-,31-,35-,37+,39-/m0/s1. The lowest BCUT2D eigenvalue weighted by atomic mass is 9.94. The lowest BCUT2D eigenvalue weighted by Gasteiger charge is -2.41. The molecule has 17 nitrogen and oxygen atoms in total. The van der Waals surface area contributed by atoms with Crippen LogP contribution in [0.4, 0.5) is 10.5 Å². The van der Waals surface area contributed by atoms with Crippen LogP contribution in [-0.2, 0) is 40.4 Å². The van der Waals surface area contributed by atoms with Gasteiger partial charge in [-0.25, -0.2) is 18.0 Å². The third-order valence-corrected chi connectivity index (χ3v) is 13.1. The number of ketones is 1. The molecule has 5 atom stereocenters. The van der Waals surface area contributed by atoms with E-state index in [1.54, 1.807) is 47.7 Å². The second-order valence-electron chi connectivity index (χ2n) is 17.0. The number of H-pyrrole nitrogens is 1. The van der Waals surface area contributed by atoms with Crippen molar-refractivity contribution in [1.82, 2.24) is 24.8 Å². The number of Topliss-reactive ketones (excluding diaryl/α,β-unsaturated/α-hetero) is 1. The van der Waals surface area contributed by atoms with E-state index in [1.807, 2.05) is 24.3 Å². The number of nitrogens with one attached hydrogen (secondary N) is 3. The molecule has 2 aromatic carbocycles. The zero-order valence-electron chi connectivity index (χ0n) is 36.6. The highest BCUT2D eigenvalue weighted by molar-refractivity contribution is 7.89. The summed E-state index contributed by atoms with van der Waals surface area (Å²) < 4.78 is 36.7. The summed E-state index contributed by atoms with van der Waals surface area (Å²) in [6.45, 7) is 9.70. The van der Waals surface area contributed by atoms with E-state index in [4.69, 9.17) is 4.74 Å². The number of nitrogens with zero attached hydrogens (tertiary/aromatic N) is 3. The number of alkyl carbamates (subject to hydrolysis) is 1. The number of ether oxygens (including phenoxy) is 1. The second-order valence-corrected chi connectivity index (χ2v) is 18.8. The van der Waals surface area contributed by atoms with Crippen LogP contribution in [0.5, 0.6) is 0 Å². The van der Waals surface area contributed by atoms with E-state index in [0.717, 1.165) is 27.3 Å². The molecule has 0 saturated carbocycles. The Morgan fingerprint density at radius 2 is 1.71 bits per heavy atom. The molecule has 4 N–H and O–H groups in total. The Bertz CT molecular complexity index is 2170. The number of hydrogen-bond donors (Lipinski definition) is 4. The predicted octanol–water partition coefficient (Wildman–Crippen LogP) is 6.50. The van der Waals surface area contributed by atoms with Crippen LogP contribution in [0.1, 0.15) is 111 Å².